The molecule has 0 unspecified atom stereocenters. The first-order valence-corrected chi connectivity index (χ1v) is 7.73. The van der Waals surface area contributed by atoms with Gasteiger partial charge in [-0.25, -0.2) is 9.97 Å². The number of anilines is 1. The Morgan fingerprint density at radius 2 is 2.00 bits per heavy atom. The molecule has 2 heterocycles. The summed E-state index contributed by atoms with van der Waals surface area (Å²) in [7, 11) is 1.66. The molecule has 5 heteroatoms. The lowest BCUT2D eigenvalue weighted by Gasteiger charge is -2.07. The van der Waals surface area contributed by atoms with E-state index in [0.29, 0.717) is 5.82 Å². The van der Waals surface area contributed by atoms with E-state index in [0.717, 1.165) is 40.9 Å². The molecule has 0 bridgehead atoms. The summed E-state index contributed by atoms with van der Waals surface area (Å²) >= 11 is 0. The highest BCUT2D eigenvalue weighted by Crippen LogP contribution is 2.35. The number of nitrogen functional groups attached to an aromatic ring is 1. The fourth-order valence-corrected chi connectivity index (χ4v) is 3.18. The zero-order chi connectivity index (χ0) is 15.8. The van der Waals surface area contributed by atoms with Crippen molar-refractivity contribution in [2.24, 2.45) is 0 Å². The van der Waals surface area contributed by atoms with Gasteiger partial charge >= 0.3 is 0 Å². The van der Waals surface area contributed by atoms with Crippen LogP contribution in [0, 0.1) is 0 Å². The molecule has 0 atom stereocenters. The molecule has 0 fully saturated rings. The zero-order valence-corrected chi connectivity index (χ0v) is 13.0. The lowest BCUT2D eigenvalue weighted by Crippen LogP contribution is -1.98. The Kier molecular flexibility index (Phi) is 3.26. The summed E-state index contributed by atoms with van der Waals surface area (Å²) in [5.41, 5.74) is 11.4. The van der Waals surface area contributed by atoms with Crippen molar-refractivity contribution in [2.45, 2.75) is 19.3 Å². The van der Waals surface area contributed by atoms with Crippen molar-refractivity contribution in [3.05, 3.63) is 48.4 Å². The van der Waals surface area contributed by atoms with Gasteiger partial charge in [0.15, 0.2) is 5.82 Å². The number of benzene rings is 1. The second-order valence-electron chi connectivity index (χ2n) is 5.69. The topological polar surface area (TPSA) is 66.0 Å². The van der Waals surface area contributed by atoms with Crippen molar-refractivity contribution in [3.63, 3.8) is 0 Å². The first kappa shape index (κ1) is 13.8. The van der Waals surface area contributed by atoms with Gasteiger partial charge in [0, 0.05) is 17.4 Å². The first-order chi connectivity index (χ1) is 11.3. The van der Waals surface area contributed by atoms with Gasteiger partial charge in [-0.05, 0) is 49.1 Å². The summed E-state index contributed by atoms with van der Waals surface area (Å²) in [6.45, 7) is 0. The Morgan fingerprint density at radius 3 is 2.70 bits per heavy atom. The molecule has 3 aromatic rings. The molecule has 0 aliphatic heterocycles. The van der Waals surface area contributed by atoms with E-state index in [4.69, 9.17) is 10.5 Å². The summed E-state index contributed by atoms with van der Waals surface area (Å²) in [5.74, 6) is 1.32. The van der Waals surface area contributed by atoms with Gasteiger partial charge < -0.3 is 15.0 Å². The van der Waals surface area contributed by atoms with Crippen molar-refractivity contribution in [3.8, 4) is 11.4 Å². The predicted molar refractivity (Wildman–Crippen MR) is 91.7 cm³/mol. The van der Waals surface area contributed by atoms with Crippen LogP contribution in [0.3, 0.4) is 0 Å². The molecule has 1 aliphatic rings. The number of fused-ring (bicyclic) bond motifs is 1. The second-order valence-corrected chi connectivity index (χ2v) is 5.69. The minimum absolute atomic E-state index is 0.496. The maximum absolute atomic E-state index is 6.15. The van der Waals surface area contributed by atoms with E-state index in [1.807, 2.05) is 24.3 Å². The van der Waals surface area contributed by atoms with E-state index >= 15 is 0 Å². The van der Waals surface area contributed by atoms with Crippen LogP contribution in [0.2, 0.25) is 0 Å². The molecule has 1 aliphatic carbocycles. The van der Waals surface area contributed by atoms with Crippen LogP contribution in [-0.2, 0) is 0 Å². The number of aromatic nitrogens is 3. The Hall–Kier alpha value is -2.82. The fraction of sp³-hybridized carbons (Fsp3) is 0.222. The Balaban J connectivity index is 1.95. The molecule has 0 radical (unpaired) electrons. The molecule has 1 aromatic carbocycles. The van der Waals surface area contributed by atoms with Crippen molar-refractivity contribution in [1.82, 2.24) is 14.5 Å². The third kappa shape index (κ3) is 2.25. The number of methoxy groups -OCH3 is 1. The molecule has 0 saturated carbocycles. The van der Waals surface area contributed by atoms with E-state index in [1.54, 1.807) is 7.11 Å². The number of nitrogens with zero attached hydrogens (tertiary/aromatic N) is 3. The maximum atomic E-state index is 6.15. The van der Waals surface area contributed by atoms with Gasteiger partial charge in [-0.3, -0.25) is 0 Å². The highest BCUT2D eigenvalue weighted by molar-refractivity contribution is 5.96. The maximum Gasteiger partial charge on any atom is 0.151 e. The van der Waals surface area contributed by atoms with E-state index in [9.17, 15) is 0 Å². The molecular weight excluding hydrogens is 288 g/mol. The number of hydrogen-bond acceptors (Lipinski definition) is 4. The van der Waals surface area contributed by atoms with Crippen molar-refractivity contribution in [2.75, 3.05) is 12.8 Å². The third-order valence-corrected chi connectivity index (χ3v) is 4.34. The Morgan fingerprint density at radius 1 is 1.17 bits per heavy atom. The quantitative estimate of drug-likeness (QED) is 0.803. The molecule has 4 rings (SSSR count). The molecule has 0 spiro atoms. The number of allylic oxidation sites excluding steroid dienone is 2. The molecule has 2 N–H and O–H groups in total. The van der Waals surface area contributed by atoms with Crippen LogP contribution in [0.5, 0.6) is 5.75 Å². The monoisotopic (exact) mass is 306 g/mol. The second kappa shape index (κ2) is 5.43. The first-order valence-electron chi connectivity index (χ1n) is 7.73. The summed E-state index contributed by atoms with van der Waals surface area (Å²) in [5, 5.41) is 0. The summed E-state index contributed by atoms with van der Waals surface area (Å²) in [4.78, 5) is 8.66. The summed E-state index contributed by atoms with van der Waals surface area (Å²) in [6.07, 6.45) is 9.37. The van der Waals surface area contributed by atoms with Gasteiger partial charge in [-0.1, -0.05) is 6.08 Å². The van der Waals surface area contributed by atoms with Gasteiger partial charge in [0.1, 0.15) is 23.1 Å². The zero-order valence-electron chi connectivity index (χ0n) is 13.0. The molecule has 0 saturated heterocycles. The van der Waals surface area contributed by atoms with Gasteiger partial charge in [0.25, 0.3) is 0 Å². The van der Waals surface area contributed by atoms with Crippen LogP contribution in [0.25, 0.3) is 22.3 Å². The van der Waals surface area contributed by atoms with Crippen LogP contribution < -0.4 is 10.5 Å². The van der Waals surface area contributed by atoms with Gasteiger partial charge in [0.05, 0.1) is 7.11 Å². The van der Waals surface area contributed by atoms with Gasteiger partial charge in [0.2, 0.25) is 0 Å². The SMILES string of the molecule is COc1ccc(-n2cc(C3=CCCC3)c3ncnc(N)c32)cc1. The average molecular weight is 306 g/mol. The van der Waals surface area contributed by atoms with Crippen LogP contribution >= 0.6 is 0 Å². The van der Waals surface area contributed by atoms with Crippen LogP contribution in [0.4, 0.5) is 5.82 Å². The van der Waals surface area contributed by atoms with E-state index < -0.39 is 0 Å². The lowest BCUT2D eigenvalue weighted by molar-refractivity contribution is 0.415. The minimum atomic E-state index is 0.496. The minimum Gasteiger partial charge on any atom is -0.497 e. The largest absolute Gasteiger partial charge is 0.497 e. The molecular formula is C18H18N4O. The highest BCUT2D eigenvalue weighted by atomic mass is 16.5. The van der Waals surface area contributed by atoms with Crippen molar-refractivity contribution >= 4 is 22.4 Å². The van der Waals surface area contributed by atoms with E-state index in [-0.39, 0.29) is 0 Å². The Bertz CT molecular complexity index is 893. The molecule has 2 aromatic heterocycles. The van der Waals surface area contributed by atoms with Crippen LogP contribution in [0.1, 0.15) is 24.8 Å². The summed E-state index contributed by atoms with van der Waals surface area (Å²) < 4.78 is 7.30. The number of ether oxygens (including phenoxy) is 1. The van der Waals surface area contributed by atoms with Crippen LogP contribution in [-0.4, -0.2) is 21.6 Å². The van der Waals surface area contributed by atoms with Crippen LogP contribution in [0.15, 0.2) is 42.9 Å². The molecule has 5 nitrogen and oxygen atoms in total. The van der Waals surface area contributed by atoms with Gasteiger partial charge in [-0.2, -0.15) is 0 Å². The molecule has 0 amide bonds. The van der Waals surface area contributed by atoms with Gasteiger partial charge in [-0.15, -0.1) is 0 Å². The normalized spacial score (nSPS) is 14.2. The predicted octanol–water partition coefficient (Wildman–Crippen LogP) is 3.58. The molecule has 23 heavy (non-hydrogen) atoms. The summed E-state index contributed by atoms with van der Waals surface area (Å²) in [6, 6.07) is 7.90. The van der Waals surface area contributed by atoms with Crippen molar-refractivity contribution < 1.29 is 4.74 Å². The smallest absolute Gasteiger partial charge is 0.151 e. The number of hydrogen-bond donors (Lipinski definition) is 1. The number of nitrogens with two attached hydrogens (primary N) is 1. The lowest BCUT2D eigenvalue weighted by atomic mass is 10.1. The Labute approximate surface area is 134 Å². The number of rotatable bonds is 3. The molecule has 116 valence electrons. The highest BCUT2D eigenvalue weighted by Gasteiger charge is 2.18. The van der Waals surface area contributed by atoms with E-state index in [2.05, 4.69) is 26.8 Å². The standard InChI is InChI=1S/C18H18N4O/c1-23-14-8-6-13(7-9-14)22-10-15(12-4-2-3-5-12)16-17(22)18(19)21-11-20-16/h4,6-11H,2-3,5H2,1H3,(H2,19,20,21). The average Bonchev–Trinajstić information content (AvgIpc) is 3.23. The fourth-order valence-electron chi connectivity index (χ4n) is 3.18. The van der Waals surface area contributed by atoms with E-state index in [1.165, 1.54) is 18.3 Å². The third-order valence-electron chi connectivity index (χ3n) is 4.34. The van der Waals surface area contributed by atoms with Crippen molar-refractivity contribution in [1.29, 1.82) is 0 Å².